The minimum Gasteiger partial charge on any atom is -0.314 e. The highest BCUT2D eigenvalue weighted by Crippen LogP contribution is 2.27. The van der Waals surface area contributed by atoms with Gasteiger partial charge in [-0.15, -0.1) is 0 Å². The second-order valence-electron chi connectivity index (χ2n) is 5.77. The molecule has 1 rings (SSSR count). The molecule has 0 aromatic rings. The monoisotopic (exact) mass is 254 g/mol. The number of hydrogen-bond acceptors (Lipinski definition) is 3. The van der Waals surface area contributed by atoms with Crippen molar-refractivity contribution < 1.29 is 0 Å². The normalized spacial score (nSPS) is 25.5. The minimum atomic E-state index is -0.157. The highest BCUT2D eigenvalue weighted by molar-refractivity contribution is 7.99. The molecule has 1 N–H and O–H groups in total. The van der Waals surface area contributed by atoms with E-state index in [9.17, 15) is 0 Å². The van der Waals surface area contributed by atoms with Crippen molar-refractivity contribution in [3.05, 3.63) is 0 Å². The van der Waals surface area contributed by atoms with Crippen LogP contribution in [0.25, 0.3) is 0 Å². The molecule has 0 aromatic carbocycles. The van der Waals surface area contributed by atoms with E-state index in [1.807, 2.05) is 25.6 Å². The van der Waals surface area contributed by atoms with Crippen LogP contribution in [-0.2, 0) is 0 Å². The molecule has 2 unspecified atom stereocenters. The number of rotatable bonds is 6. The van der Waals surface area contributed by atoms with Crippen molar-refractivity contribution in [2.24, 2.45) is 5.41 Å². The average Bonchev–Trinajstić information content (AvgIpc) is 2.35. The van der Waals surface area contributed by atoms with Crippen molar-refractivity contribution in [3.63, 3.8) is 0 Å². The first-order valence-corrected chi connectivity index (χ1v) is 8.03. The highest BCUT2D eigenvalue weighted by atomic mass is 32.2. The lowest BCUT2D eigenvalue weighted by molar-refractivity contribution is 0.361. The standard InChI is InChI=1S/C14H26N2S/c1-14(2,11-15)8-5-9-16-12-6-4-7-13(10-12)17-3/h12-13,16H,4-10H2,1-3H3. The van der Waals surface area contributed by atoms with Crippen molar-refractivity contribution in [1.82, 2.24) is 5.32 Å². The predicted octanol–water partition coefficient (Wildman–Crippen LogP) is 3.58. The molecule has 2 atom stereocenters. The minimum absolute atomic E-state index is 0.157. The second-order valence-corrected chi connectivity index (χ2v) is 6.91. The summed E-state index contributed by atoms with van der Waals surface area (Å²) in [5, 5.41) is 13.5. The molecule has 1 aliphatic carbocycles. The first kappa shape index (κ1) is 14.9. The van der Waals surface area contributed by atoms with Crippen LogP contribution >= 0.6 is 11.8 Å². The van der Waals surface area contributed by atoms with Gasteiger partial charge in [-0.2, -0.15) is 17.0 Å². The van der Waals surface area contributed by atoms with Gasteiger partial charge in [0, 0.05) is 11.3 Å². The van der Waals surface area contributed by atoms with Crippen LogP contribution in [0.2, 0.25) is 0 Å². The first-order valence-electron chi connectivity index (χ1n) is 6.75. The van der Waals surface area contributed by atoms with E-state index >= 15 is 0 Å². The van der Waals surface area contributed by atoms with Crippen molar-refractivity contribution >= 4 is 11.8 Å². The Kier molecular flexibility index (Phi) is 6.37. The van der Waals surface area contributed by atoms with Crippen LogP contribution in [0.5, 0.6) is 0 Å². The van der Waals surface area contributed by atoms with Gasteiger partial charge >= 0.3 is 0 Å². The van der Waals surface area contributed by atoms with E-state index in [0.717, 1.165) is 24.6 Å². The van der Waals surface area contributed by atoms with Crippen molar-refractivity contribution in [2.75, 3.05) is 12.8 Å². The average molecular weight is 254 g/mol. The summed E-state index contributed by atoms with van der Waals surface area (Å²) in [4.78, 5) is 0. The second kappa shape index (κ2) is 7.28. The molecule has 17 heavy (non-hydrogen) atoms. The van der Waals surface area contributed by atoms with Gasteiger partial charge in [0.25, 0.3) is 0 Å². The molecule has 0 saturated heterocycles. The molecular formula is C14H26N2S. The van der Waals surface area contributed by atoms with E-state index in [2.05, 4.69) is 17.6 Å². The Balaban J connectivity index is 2.12. The van der Waals surface area contributed by atoms with E-state index in [1.54, 1.807) is 0 Å². The zero-order valence-corrected chi connectivity index (χ0v) is 12.3. The smallest absolute Gasteiger partial charge is 0.0683 e. The maximum atomic E-state index is 8.94. The van der Waals surface area contributed by atoms with Crippen molar-refractivity contribution in [2.45, 2.75) is 63.7 Å². The number of nitrogens with one attached hydrogen (secondary N) is 1. The summed E-state index contributed by atoms with van der Waals surface area (Å²) in [5.74, 6) is 0. The zero-order valence-electron chi connectivity index (χ0n) is 11.5. The molecule has 3 heteroatoms. The van der Waals surface area contributed by atoms with Gasteiger partial charge in [0.05, 0.1) is 11.5 Å². The van der Waals surface area contributed by atoms with Crippen LogP contribution in [0.4, 0.5) is 0 Å². The van der Waals surface area contributed by atoms with E-state index in [4.69, 9.17) is 5.26 Å². The summed E-state index contributed by atoms with van der Waals surface area (Å²) in [6, 6.07) is 3.08. The van der Waals surface area contributed by atoms with Crippen LogP contribution in [-0.4, -0.2) is 24.1 Å². The van der Waals surface area contributed by atoms with Gasteiger partial charge in [-0.1, -0.05) is 6.42 Å². The lowest BCUT2D eigenvalue weighted by atomic mass is 9.89. The number of nitriles is 1. The molecule has 1 saturated carbocycles. The van der Waals surface area contributed by atoms with E-state index in [1.165, 1.54) is 25.7 Å². The number of nitrogens with zero attached hydrogens (tertiary/aromatic N) is 1. The molecule has 0 aliphatic heterocycles. The summed E-state index contributed by atoms with van der Waals surface area (Å²) in [6.45, 7) is 5.12. The quantitative estimate of drug-likeness (QED) is 0.736. The SMILES string of the molecule is CSC1CCCC(NCCCC(C)(C)C#N)C1. The highest BCUT2D eigenvalue weighted by Gasteiger charge is 2.21. The van der Waals surface area contributed by atoms with Gasteiger partial charge in [0.15, 0.2) is 0 Å². The van der Waals surface area contributed by atoms with E-state index < -0.39 is 0 Å². The molecule has 0 bridgehead atoms. The molecule has 0 spiro atoms. The van der Waals surface area contributed by atoms with Crippen molar-refractivity contribution in [3.8, 4) is 6.07 Å². The molecule has 2 nitrogen and oxygen atoms in total. The van der Waals surface area contributed by atoms with E-state index in [0.29, 0.717) is 6.04 Å². The fraction of sp³-hybridized carbons (Fsp3) is 0.929. The Labute approximate surface area is 111 Å². The summed E-state index contributed by atoms with van der Waals surface area (Å²) < 4.78 is 0. The Hall–Kier alpha value is -0.200. The molecular weight excluding hydrogens is 228 g/mol. The Morgan fingerprint density at radius 1 is 1.41 bits per heavy atom. The van der Waals surface area contributed by atoms with Gasteiger partial charge in [-0.3, -0.25) is 0 Å². The van der Waals surface area contributed by atoms with Gasteiger partial charge < -0.3 is 5.32 Å². The van der Waals surface area contributed by atoms with Crippen LogP contribution < -0.4 is 5.32 Å². The number of hydrogen-bond donors (Lipinski definition) is 1. The fourth-order valence-corrected chi connectivity index (χ4v) is 3.26. The maximum absolute atomic E-state index is 8.94. The maximum Gasteiger partial charge on any atom is 0.0683 e. The molecule has 1 fully saturated rings. The van der Waals surface area contributed by atoms with Crippen LogP contribution in [0, 0.1) is 16.7 Å². The molecule has 0 aromatic heterocycles. The third kappa shape index (κ3) is 5.79. The van der Waals surface area contributed by atoms with Crippen molar-refractivity contribution in [1.29, 1.82) is 5.26 Å². The van der Waals surface area contributed by atoms with Crippen LogP contribution in [0.1, 0.15) is 52.4 Å². The zero-order chi connectivity index (χ0) is 12.7. The van der Waals surface area contributed by atoms with Crippen LogP contribution in [0.3, 0.4) is 0 Å². The first-order chi connectivity index (χ1) is 8.07. The third-order valence-electron chi connectivity index (χ3n) is 3.67. The lowest BCUT2D eigenvalue weighted by Crippen LogP contribution is -2.35. The fourth-order valence-electron chi connectivity index (χ4n) is 2.44. The van der Waals surface area contributed by atoms with Gasteiger partial charge in [-0.05, 0) is 58.8 Å². The van der Waals surface area contributed by atoms with E-state index in [-0.39, 0.29) is 5.41 Å². The number of thioether (sulfide) groups is 1. The molecule has 1 aliphatic rings. The third-order valence-corrected chi connectivity index (χ3v) is 4.77. The summed E-state index contributed by atoms with van der Waals surface area (Å²) in [7, 11) is 0. The summed E-state index contributed by atoms with van der Waals surface area (Å²) >= 11 is 2.01. The van der Waals surface area contributed by atoms with Gasteiger partial charge in [0.1, 0.15) is 0 Å². The topological polar surface area (TPSA) is 35.8 Å². The molecule has 0 heterocycles. The van der Waals surface area contributed by atoms with Gasteiger partial charge in [0.2, 0.25) is 0 Å². The van der Waals surface area contributed by atoms with Gasteiger partial charge in [-0.25, -0.2) is 0 Å². The Bertz CT molecular complexity index is 257. The predicted molar refractivity (Wildman–Crippen MR) is 76.2 cm³/mol. The summed E-state index contributed by atoms with van der Waals surface area (Å²) in [5.41, 5.74) is -0.157. The van der Waals surface area contributed by atoms with Crippen LogP contribution in [0.15, 0.2) is 0 Å². The molecule has 0 amide bonds. The Morgan fingerprint density at radius 2 is 2.18 bits per heavy atom. The lowest BCUT2D eigenvalue weighted by Gasteiger charge is -2.29. The Morgan fingerprint density at radius 3 is 2.82 bits per heavy atom. The summed E-state index contributed by atoms with van der Waals surface area (Å²) in [6.07, 6.45) is 9.74. The largest absolute Gasteiger partial charge is 0.314 e. The molecule has 0 radical (unpaired) electrons. The molecule has 98 valence electrons.